The van der Waals surface area contributed by atoms with Gasteiger partial charge in [0.1, 0.15) is 0 Å². The van der Waals surface area contributed by atoms with Gasteiger partial charge in [0.25, 0.3) is 0 Å². The number of hydrogen-bond donors (Lipinski definition) is 1. The van der Waals surface area contributed by atoms with Crippen LogP contribution in [0.3, 0.4) is 0 Å². The molecule has 2 aromatic rings. The number of rotatable bonds is 3. The van der Waals surface area contributed by atoms with Gasteiger partial charge >= 0.3 is 6.18 Å². The van der Waals surface area contributed by atoms with Gasteiger partial charge in [-0.25, -0.2) is 0 Å². The fourth-order valence-electron chi connectivity index (χ4n) is 1.92. The minimum atomic E-state index is -4.61. The molecule has 9 heteroatoms. The maximum atomic E-state index is 12.7. The summed E-state index contributed by atoms with van der Waals surface area (Å²) in [4.78, 5) is 15.1. The van der Waals surface area contributed by atoms with Crippen molar-refractivity contribution in [2.75, 3.05) is 0 Å². The van der Waals surface area contributed by atoms with Crippen LogP contribution in [0.1, 0.15) is 27.2 Å². The van der Waals surface area contributed by atoms with Gasteiger partial charge in [0.15, 0.2) is 4.33 Å². The number of primary amides is 1. The van der Waals surface area contributed by atoms with Crippen molar-refractivity contribution >= 4 is 40.7 Å². The van der Waals surface area contributed by atoms with Crippen molar-refractivity contribution < 1.29 is 18.0 Å². The highest BCUT2D eigenvalue weighted by Gasteiger charge is 2.38. The van der Waals surface area contributed by atoms with E-state index in [0.29, 0.717) is 12.3 Å². The van der Waals surface area contributed by atoms with Crippen molar-refractivity contribution in [1.82, 2.24) is 4.98 Å². The minimum Gasteiger partial charge on any atom is -0.366 e. The largest absolute Gasteiger partial charge is 0.417 e. The Balaban J connectivity index is 2.59. The van der Waals surface area contributed by atoms with Crippen LogP contribution in [0.4, 0.5) is 13.2 Å². The van der Waals surface area contributed by atoms with Gasteiger partial charge in [0, 0.05) is 17.3 Å². The maximum Gasteiger partial charge on any atom is 0.417 e. The standard InChI is InChI=1S/C14H8Cl3F3N2O/c15-10-5-7(14(18,19)20)6-22-11(10)13(16,17)9-4-2-1-3-8(9)12(21)23/h1-6H,(H2,21,23). The van der Waals surface area contributed by atoms with E-state index < -0.39 is 22.0 Å². The third-order valence-corrected chi connectivity index (χ3v) is 4.05. The molecule has 2 N–H and O–H groups in total. The molecule has 1 aromatic carbocycles. The molecule has 0 aliphatic heterocycles. The summed E-state index contributed by atoms with van der Waals surface area (Å²) in [6.45, 7) is 0. The van der Waals surface area contributed by atoms with E-state index in [0.717, 1.165) is 0 Å². The van der Waals surface area contributed by atoms with Gasteiger partial charge in [0.05, 0.1) is 16.3 Å². The predicted octanol–water partition coefficient (Wildman–Crippen LogP) is 4.53. The van der Waals surface area contributed by atoms with Gasteiger partial charge in [-0.3, -0.25) is 9.78 Å². The van der Waals surface area contributed by atoms with Gasteiger partial charge in [-0.2, -0.15) is 13.2 Å². The molecule has 1 heterocycles. The number of carbonyl (C=O) groups is 1. The SMILES string of the molecule is NC(=O)c1ccccc1C(Cl)(Cl)c1ncc(C(F)(F)F)cc1Cl. The molecule has 23 heavy (non-hydrogen) atoms. The molecule has 0 spiro atoms. The molecule has 0 atom stereocenters. The highest BCUT2D eigenvalue weighted by Crippen LogP contribution is 2.45. The minimum absolute atomic E-state index is 0.00950. The quantitative estimate of drug-likeness (QED) is 0.792. The Morgan fingerprint density at radius 2 is 1.78 bits per heavy atom. The summed E-state index contributed by atoms with van der Waals surface area (Å²) in [6, 6.07) is 6.54. The number of carbonyl (C=O) groups excluding carboxylic acids is 1. The summed E-state index contributed by atoms with van der Waals surface area (Å²) in [6.07, 6.45) is -4.05. The van der Waals surface area contributed by atoms with E-state index in [1.165, 1.54) is 18.2 Å². The molecule has 0 aliphatic rings. The highest BCUT2D eigenvalue weighted by molar-refractivity contribution is 6.51. The molecule has 122 valence electrons. The van der Waals surface area contributed by atoms with Crippen molar-refractivity contribution in [3.8, 4) is 0 Å². The lowest BCUT2D eigenvalue weighted by atomic mass is 10.0. The number of pyridine rings is 1. The predicted molar refractivity (Wildman–Crippen MR) is 81.7 cm³/mol. The fourth-order valence-corrected chi connectivity index (χ4v) is 2.96. The maximum absolute atomic E-state index is 12.7. The van der Waals surface area contributed by atoms with E-state index in [1.807, 2.05) is 0 Å². The van der Waals surface area contributed by atoms with E-state index in [9.17, 15) is 18.0 Å². The van der Waals surface area contributed by atoms with Crippen LogP contribution in [0.5, 0.6) is 0 Å². The van der Waals surface area contributed by atoms with Crippen molar-refractivity contribution in [2.45, 2.75) is 10.5 Å². The zero-order valence-corrected chi connectivity index (χ0v) is 13.4. The molecule has 0 fully saturated rings. The molecule has 0 aliphatic carbocycles. The Morgan fingerprint density at radius 1 is 1.17 bits per heavy atom. The number of aromatic nitrogens is 1. The van der Waals surface area contributed by atoms with Gasteiger partial charge in [0.2, 0.25) is 5.91 Å². The van der Waals surface area contributed by atoms with Crippen LogP contribution < -0.4 is 5.73 Å². The number of alkyl halides is 5. The number of nitrogens with zero attached hydrogens (tertiary/aromatic N) is 1. The van der Waals surface area contributed by atoms with Gasteiger partial charge in [-0.15, -0.1) is 0 Å². The first kappa shape index (κ1) is 17.8. The van der Waals surface area contributed by atoms with Crippen molar-refractivity contribution in [3.05, 3.63) is 63.9 Å². The van der Waals surface area contributed by atoms with Crippen LogP contribution in [0.25, 0.3) is 0 Å². The Bertz CT molecular complexity index is 763. The molecule has 0 bridgehead atoms. The second-order valence-corrected chi connectivity index (χ2v) is 6.27. The zero-order valence-electron chi connectivity index (χ0n) is 11.2. The van der Waals surface area contributed by atoms with Gasteiger partial charge in [-0.05, 0) is 12.1 Å². The molecule has 0 unspecified atom stereocenters. The highest BCUT2D eigenvalue weighted by atomic mass is 35.5. The second kappa shape index (κ2) is 6.19. The Kier molecular flexibility index (Phi) is 4.80. The van der Waals surface area contributed by atoms with E-state index in [1.54, 1.807) is 6.07 Å². The van der Waals surface area contributed by atoms with Crippen LogP contribution in [-0.2, 0) is 10.5 Å². The van der Waals surface area contributed by atoms with E-state index in [-0.39, 0.29) is 21.8 Å². The first-order valence-corrected chi connectivity index (χ1v) is 7.19. The lowest BCUT2D eigenvalue weighted by molar-refractivity contribution is -0.137. The lowest BCUT2D eigenvalue weighted by Gasteiger charge is -2.23. The Morgan fingerprint density at radius 3 is 2.30 bits per heavy atom. The third-order valence-electron chi connectivity index (χ3n) is 3.00. The first-order chi connectivity index (χ1) is 10.5. The molecular formula is C14H8Cl3F3N2O. The smallest absolute Gasteiger partial charge is 0.366 e. The first-order valence-electron chi connectivity index (χ1n) is 6.05. The average Bonchev–Trinajstić information content (AvgIpc) is 2.45. The molecular weight excluding hydrogens is 376 g/mol. The number of nitrogens with two attached hydrogens (primary N) is 1. The molecule has 1 amide bonds. The van der Waals surface area contributed by atoms with Crippen molar-refractivity contribution in [1.29, 1.82) is 0 Å². The number of halogens is 6. The topological polar surface area (TPSA) is 56.0 Å². The summed E-state index contributed by atoms with van der Waals surface area (Å²) in [5, 5.41) is -0.385. The monoisotopic (exact) mass is 382 g/mol. The third kappa shape index (κ3) is 3.54. The molecule has 3 nitrogen and oxygen atoms in total. The summed E-state index contributed by atoms with van der Waals surface area (Å²) in [5.74, 6) is -0.797. The second-order valence-electron chi connectivity index (χ2n) is 4.54. The van der Waals surface area contributed by atoms with Gasteiger partial charge in [-0.1, -0.05) is 53.0 Å². The summed E-state index contributed by atoms with van der Waals surface area (Å²) in [7, 11) is 0. The molecule has 0 saturated carbocycles. The van der Waals surface area contributed by atoms with E-state index >= 15 is 0 Å². The molecule has 2 rings (SSSR count). The average molecular weight is 384 g/mol. The van der Waals surface area contributed by atoms with Crippen molar-refractivity contribution in [2.24, 2.45) is 5.73 Å². The fraction of sp³-hybridized carbons (Fsp3) is 0.143. The van der Waals surface area contributed by atoms with Crippen LogP contribution >= 0.6 is 34.8 Å². The van der Waals surface area contributed by atoms with E-state index in [2.05, 4.69) is 4.98 Å². The molecule has 1 aromatic heterocycles. The Labute approximate surface area is 144 Å². The van der Waals surface area contributed by atoms with Crippen LogP contribution in [0, 0.1) is 0 Å². The molecule has 0 saturated heterocycles. The number of benzene rings is 1. The number of amides is 1. The van der Waals surface area contributed by atoms with Crippen LogP contribution in [0.15, 0.2) is 36.5 Å². The van der Waals surface area contributed by atoms with Crippen molar-refractivity contribution in [3.63, 3.8) is 0 Å². The molecule has 0 radical (unpaired) electrons. The van der Waals surface area contributed by atoms with Crippen LogP contribution in [-0.4, -0.2) is 10.9 Å². The Hall–Kier alpha value is -1.50. The summed E-state index contributed by atoms with van der Waals surface area (Å²) in [5.41, 5.74) is 4.06. The van der Waals surface area contributed by atoms with Crippen LogP contribution in [0.2, 0.25) is 5.02 Å². The zero-order chi connectivity index (χ0) is 17.4. The summed E-state index contributed by atoms with van der Waals surface area (Å²) < 4.78 is 36.0. The van der Waals surface area contributed by atoms with Gasteiger partial charge < -0.3 is 5.73 Å². The summed E-state index contributed by atoms with van der Waals surface area (Å²) >= 11 is 18.3. The lowest BCUT2D eigenvalue weighted by Crippen LogP contribution is -2.22. The van der Waals surface area contributed by atoms with E-state index in [4.69, 9.17) is 40.5 Å². The number of hydrogen-bond acceptors (Lipinski definition) is 2. The normalized spacial score (nSPS) is 12.3.